The van der Waals surface area contributed by atoms with Crippen molar-refractivity contribution in [2.24, 2.45) is 5.73 Å². The van der Waals surface area contributed by atoms with E-state index in [1.54, 1.807) is 0 Å². The van der Waals surface area contributed by atoms with Crippen LogP contribution in [-0.4, -0.2) is 42.0 Å². The summed E-state index contributed by atoms with van der Waals surface area (Å²) in [7, 11) is 0. The normalized spacial score (nSPS) is 27.5. The summed E-state index contributed by atoms with van der Waals surface area (Å²) in [6.45, 7) is 2.04. The first-order valence-corrected chi connectivity index (χ1v) is 7.34. The fourth-order valence-corrected chi connectivity index (χ4v) is 3.11. The lowest BCUT2D eigenvalue weighted by molar-refractivity contribution is -0.123. The summed E-state index contributed by atoms with van der Waals surface area (Å²) in [5.41, 5.74) is 5.20. The Morgan fingerprint density at radius 3 is 2.58 bits per heavy atom. The summed E-state index contributed by atoms with van der Waals surface area (Å²) in [4.78, 5) is 14.2. The summed E-state index contributed by atoms with van der Waals surface area (Å²) >= 11 is 0. The molecule has 0 aromatic carbocycles. The number of nitrogens with zero attached hydrogens (tertiary/aromatic N) is 2. The second-order valence-electron chi connectivity index (χ2n) is 5.94. The molecule has 2 fully saturated rings. The van der Waals surface area contributed by atoms with Crippen molar-refractivity contribution in [1.82, 2.24) is 10.2 Å². The Morgan fingerprint density at radius 1 is 1.37 bits per heavy atom. The minimum absolute atomic E-state index is 0.0300. The van der Waals surface area contributed by atoms with E-state index in [1.165, 1.54) is 12.8 Å². The third kappa shape index (κ3) is 3.92. The van der Waals surface area contributed by atoms with E-state index in [1.807, 2.05) is 0 Å². The molecule has 1 saturated carbocycles. The van der Waals surface area contributed by atoms with Crippen LogP contribution in [0.5, 0.6) is 0 Å². The zero-order valence-corrected chi connectivity index (χ0v) is 11.5. The van der Waals surface area contributed by atoms with Crippen LogP contribution >= 0.6 is 0 Å². The molecule has 0 spiro atoms. The molecule has 106 valence electrons. The van der Waals surface area contributed by atoms with Gasteiger partial charge in [-0.05, 0) is 19.3 Å². The van der Waals surface area contributed by atoms with E-state index in [2.05, 4.69) is 16.3 Å². The molecule has 19 heavy (non-hydrogen) atoms. The van der Waals surface area contributed by atoms with Crippen LogP contribution in [0.15, 0.2) is 0 Å². The summed E-state index contributed by atoms with van der Waals surface area (Å²) in [6.07, 6.45) is 6.92. The van der Waals surface area contributed by atoms with Crippen LogP contribution in [0.25, 0.3) is 0 Å². The van der Waals surface area contributed by atoms with Crippen LogP contribution in [-0.2, 0) is 4.79 Å². The van der Waals surface area contributed by atoms with Gasteiger partial charge in [0.15, 0.2) is 0 Å². The highest BCUT2D eigenvalue weighted by atomic mass is 16.2. The molecule has 0 bridgehead atoms. The van der Waals surface area contributed by atoms with E-state index in [0.29, 0.717) is 6.54 Å². The van der Waals surface area contributed by atoms with Crippen LogP contribution in [0.2, 0.25) is 0 Å². The Bertz CT molecular complexity index is 355. The van der Waals surface area contributed by atoms with Gasteiger partial charge in [0, 0.05) is 19.1 Å². The maximum Gasteiger partial charge on any atom is 0.235 e. The molecule has 0 unspecified atom stereocenters. The second kappa shape index (κ2) is 6.36. The number of hydrogen-bond donors (Lipinski definition) is 2. The van der Waals surface area contributed by atoms with Gasteiger partial charge in [-0.3, -0.25) is 9.69 Å². The van der Waals surface area contributed by atoms with Gasteiger partial charge in [-0.15, -0.1) is 0 Å². The van der Waals surface area contributed by atoms with Gasteiger partial charge in [0.1, 0.15) is 5.54 Å². The quantitative estimate of drug-likeness (QED) is 0.737. The van der Waals surface area contributed by atoms with Crippen molar-refractivity contribution in [2.75, 3.05) is 19.6 Å². The molecule has 1 aliphatic carbocycles. The molecule has 1 amide bonds. The van der Waals surface area contributed by atoms with Crippen LogP contribution in [0.1, 0.15) is 44.9 Å². The molecule has 1 heterocycles. The van der Waals surface area contributed by atoms with Crippen molar-refractivity contribution in [1.29, 1.82) is 5.26 Å². The summed E-state index contributed by atoms with van der Waals surface area (Å²) < 4.78 is 0. The lowest BCUT2D eigenvalue weighted by Gasteiger charge is -2.27. The van der Waals surface area contributed by atoms with Crippen molar-refractivity contribution >= 4 is 5.91 Å². The first kappa shape index (κ1) is 14.3. The number of likely N-dealkylation sites (tertiary alicyclic amines) is 1. The van der Waals surface area contributed by atoms with Crippen LogP contribution < -0.4 is 11.1 Å². The Balaban J connectivity index is 1.87. The topological polar surface area (TPSA) is 82.2 Å². The van der Waals surface area contributed by atoms with E-state index < -0.39 is 5.54 Å². The van der Waals surface area contributed by atoms with E-state index >= 15 is 0 Å². The Kier molecular flexibility index (Phi) is 4.78. The molecular formula is C14H24N4O. The standard InChI is InChI=1S/C14H24N4O/c15-11-14(6-3-1-2-4-7-14)17-13(19)10-18-8-5-12(16)9-18/h12H,1-10,16H2,(H,17,19)/t12-/m0/s1. The summed E-state index contributed by atoms with van der Waals surface area (Å²) in [6, 6.07) is 2.54. The Morgan fingerprint density at radius 2 is 2.05 bits per heavy atom. The third-order valence-corrected chi connectivity index (χ3v) is 4.23. The van der Waals surface area contributed by atoms with Crippen LogP contribution in [0.3, 0.4) is 0 Å². The second-order valence-corrected chi connectivity index (χ2v) is 5.94. The minimum atomic E-state index is -0.630. The molecule has 1 saturated heterocycles. The van der Waals surface area contributed by atoms with Crippen molar-refractivity contribution in [3.05, 3.63) is 0 Å². The molecule has 3 N–H and O–H groups in total. The lowest BCUT2D eigenvalue weighted by atomic mass is 9.92. The molecule has 0 aromatic heterocycles. The molecule has 1 atom stereocenters. The van der Waals surface area contributed by atoms with Gasteiger partial charge in [-0.1, -0.05) is 25.7 Å². The van der Waals surface area contributed by atoms with E-state index in [9.17, 15) is 10.1 Å². The molecule has 0 aromatic rings. The first-order chi connectivity index (χ1) is 9.13. The number of hydrogen-bond acceptors (Lipinski definition) is 4. The van der Waals surface area contributed by atoms with Gasteiger partial charge in [-0.2, -0.15) is 5.26 Å². The fourth-order valence-electron chi connectivity index (χ4n) is 3.11. The van der Waals surface area contributed by atoms with Crippen molar-refractivity contribution in [2.45, 2.75) is 56.5 Å². The molecule has 0 radical (unpaired) electrons. The van der Waals surface area contributed by atoms with Gasteiger partial charge in [0.25, 0.3) is 0 Å². The molecule has 2 rings (SSSR count). The number of carbonyl (C=O) groups excluding carboxylic acids is 1. The highest BCUT2D eigenvalue weighted by molar-refractivity contribution is 5.79. The van der Waals surface area contributed by atoms with Gasteiger partial charge >= 0.3 is 0 Å². The zero-order chi connectivity index (χ0) is 13.7. The van der Waals surface area contributed by atoms with Gasteiger partial charge < -0.3 is 11.1 Å². The number of nitrogens with one attached hydrogen (secondary N) is 1. The Labute approximate surface area is 115 Å². The van der Waals surface area contributed by atoms with Gasteiger partial charge in [-0.25, -0.2) is 0 Å². The number of rotatable bonds is 3. The third-order valence-electron chi connectivity index (χ3n) is 4.23. The highest BCUT2D eigenvalue weighted by Gasteiger charge is 2.33. The number of nitrogens with two attached hydrogens (primary N) is 1. The average Bonchev–Trinajstić information content (AvgIpc) is 2.65. The monoisotopic (exact) mass is 264 g/mol. The predicted octanol–water partition coefficient (Wildman–Crippen LogP) is 0.752. The number of carbonyl (C=O) groups is 1. The first-order valence-electron chi connectivity index (χ1n) is 7.34. The molecule has 1 aliphatic heterocycles. The molecule has 5 heteroatoms. The molecular weight excluding hydrogens is 240 g/mol. The lowest BCUT2D eigenvalue weighted by Crippen LogP contribution is -2.50. The number of amides is 1. The van der Waals surface area contributed by atoms with Gasteiger partial charge in [0.05, 0.1) is 12.6 Å². The average molecular weight is 264 g/mol. The fraction of sp³-hybridized carbons (Fsp3) is 0.857. The maximum absolute atomic E-state index is 12.1. The van der Waals surface area contributed by atoms with Gasteiger partial charge in [0.2, 0.25) is 5.91 Å². The molecule has 2 aliphatic rings. The molecule has 5 nitrogen and oxygen atoms in total. The zero-order valence-electron chi connectivity index (χ0n) is 11.5. The highest BCUT2D eigenvalue weighted by Crippen LogP contribution is 2.26. The van der Waals surface area contributed by atoms with Crippen LogP contribution in [0.4, 0.5) is 0 Å². The SMILES string of the molecule is N#CC1(NC(=O)CN2CC[C@H](N)C2)CCCCCC1. The van der Waals surface area contributed by atoms with Crippen LogP contribution in [0, 0.1) is 11.3 Å². The van der Waals surface area contributed by atoms with Crippen molar-refractivity contribution < 1.29 is 4.79 Å². The van der Waals surface area contributed by atoms with Crippen molar-refractivity contribution in [3.63, 3.8) is 0 Å². The smallest absolute Gasteiger partial charge is 0.235 e. The summed E-state index contributed by atoms with van der Waals surface area (Å²) in [5, 5.41) is 12.4. The predicted molar refractivity (Wildman–Crippen MR) is 73.2 cm³/mol. The van der Waals surface area contributed by atoms with E-state index in [-0.39, 0.29) is 11.9 Å². The maximum atomic E-state index is 12.1. The minimum Gasteiger partial charge on any atom is -0.337 e. The number of nitriles is 1. The Hall–Kier alpha value is -1.12. The van der Waals surface area contributed by atoms with E-state index in [4.69, 9.17) is 5.73 Å². The summed E-state index contributed by atoms with van der Waals surface area (Å²) in [5.74, 6) is -0.0300. The largest absolute Gasteiger partial charge is 0.337 e. The van der Waals surface area contributed by atoms with Crippen molar-refractivity contribution in [3.8, 4) is 6.07 Å². The van der Waals surface area contributed by atoms with E-state index in [0.717, 1.165) is 45.2 Å².